The number of aliphatic hydroxyl groups is 1. The van der Waals surface area contributed by atoms with Crippen molar-refractivity contribution in [2.24, 2.45) is 34.0 Å². The molecule has 0 aromatic heterocycles. The van der Waals surface area contributed by atoms with Crippen molar-refractivity contribution in [1.82, 2.24) is 0 Å². The number of allylic oxidation sites excluding steroid dienone is 3. The summed E-state index contributed by atoms with van der Waals surface area (Å²) in [5.74, 6) is 0.575. The van der Waals surface area contributed by atoms with Crippen molar-refractivity contribution in [3.8, 4) is 0 Å². The van der Waals surface area contributed by atoms with Gasteiger partial charge in [0, 0.05) is 25.2 Å². The number of hydrogen-bond donors (Lipinski definition) is 1. The normalized spacial score (nSPS) is 44.5. The molecule has 2 saturated carbocycles. The Morgan fingerprint density at radius 3 is 2.52 bits per heavy atom. The molecule has 7 atom stereocenters. The molecule has 0 spiro atoms. The van der Waals surface area contributed by atoms with Gasteiger partial charge in [-0.2, -0.15) is 0 Å². The first-order valence-electron chi connectivity index (χ1n) is 12.1. The summed E-state index contributed by atoms with van der Waals surface area (Å²) in [6.07, 6.45) is 9.91. The molecular formula is C27H40O4. The third-order valence-electron chi connectivity index (χ3n) is 9.35. The lowest BCUT2D eigenvalue weighted by Crippen LogP contribution is -2.64. The summed E-state index contributed by atoms with van der Waals surface area (Å²) >= 11 is 0. The van der Waals surface area contributed by atoms with Crippen molar-refractivity contribution < 1.29 is 19.4 Å². The zero-order valence-electron chi connectivity index (χ0n) is 20.2. The van der Waals surface area contributed by atoms with Crippen LogP contribution in [0.2, 0.25) is 0 Å². The Kier molecular flexibility index (Phi) is 5.56. The highest BCUT2D eigenvalue weighted by Gasteiger charge is 2.65. The second kappa shape index (κ2) is 7.57. The zero-order chi connectivity index (χ0) is 22.8. The van der Waals surface area contributed by atoms with E-state index in [9.17, 15) is 14.7 Å². The van der Waals surface area contributed by atoms with Crippen LogP contribution in [0.4, 0.5) is 0 Å². The van der Waals surface area contributed by atoms with Gasteiger partial charge >= 0.3 is 5.97 Å². The molecule has 0 aromatic rings. The Bertz CT molecular complexity index is 836. The predicted octanol–water partition coefficient (Wildman–Crippen LogP) is 5.39. The number of esters is 1. The maximum absolute atomic E-state index is 12.4. The molecule has 1 N–H and O–H groups in total. The summed E-state index contributed by atoms with van der Waals surface area (Å²) in [5.41, 5.74) is 1.92. The summed E-state index contributed by atoms with van der Waals surface area (Å²) < 4.78 is 6.02. The summed E-state index contributed by atoms with van der Waals surface area (Å²) in [6, 6.07) is 0. The number of Topliss-reactive ketones (excluding diaryl/α,β-unsaturated/α-hetero) is 1. The molecule has 4 rings (SSSR count). The first-order valence-corrected chi connectivity index (χ1v) is 12.1. The fourth-order valence-electron chi connectivity index (χ4n) is 8.52. The molecule has 4 heteroatoms. The third-order valence-corrected chi connectivity index (χ3v) is 9.35. The Hall–Kier alpha value is -1.42. The van der Waals surface area contributed by atoms with Crippen LogP contribution in [0, 0.1) is 34.0 Å². The average molecular weight is 429 g/mol. The summed E-state index contributed by atoms with van der Waals surface area (Å²) in [4.78, 5) is 24.4. The molecule has 0 radical (unpaired) electrons. The molecule has 31 heavy (non-hydrogen) atoms. The number of hydrogen-bond acceptors (Lipinski definition) is 4. The van der Waals surface area contributed by atoms with Gasteiger partial charge in [0.05, 0.1) is 6.10 Å². The minimum absolute atomic E-state index is 0.0657. The zero-order valence-corrected chi connectivity index (χ0v) is 20.2. The van der Waals surface area contributed by atoms with Crippen molar-refractivity contribution in [2.75, 3.05) is 0 Å². The van der Waals surface area contributed by atoms with Crippen LogP contribution >= 0.6 is 0 Å². The maximum atomic E-state index is 12.4. The van der Waals surface area contributed by atoms with Crippen LogP contribution in [-0.4, -0.2) is 29.1 Å². The van der Waals surface area contributed by atoms with Gasteiger partial charge in [0.1, 0.15) is 6.10 Å². The highest BCUT2D eigenvalue weighted by atomic mass is 16.5. The SMILES string of the molecule is CC(=O)O[C@H]1C[C@@]2(C)CC([C@@H]3CC=C(C)C(=O)C3)=C[C@@H](O)[C@@H]2[C@@]2(C)CCCC(C)(C)[C@H]12. The van der Waals surface area contributed by atoms with Crippen LogP contribution < -0.4 is 0 Å². The Morgan fingerprint density at radius 2 is 1.87 bits per heavy atom. The number of ether oxygens (including phenoxy) is 1. The van der Waals surface area contributed by atoms with Gasteiger partial charge in [-0.15, -0.1) is 0 Å². The van der Waals surface area contributed by atoms with E-state index in [2.05, 4.69) is 39.8 Å². The van der Waals surface area contributed by atoms with Crippen molar-refractivity contribution in [3.05, 3.63) is 23.3 Å². The van der Waals surface area contributed by atoms with Crippen LogP contribution in [0.3, 0.4) is 0 Å². The number of rotatable bonds is 2. The molecule has 0 bridgehead atoms. The van der Waals surface area contributed by atoms with E-state index in [1.807, 2.05) is 6.92 Å². The van der Waals surface area contributed by atoms with Crippen molar-refractivity contribution in [2.45, 2.75) is 98.7 Å². The van der Waals surface area contributed by atoms with Gasteiger partial charge in [0.2, 0.25) is 0 Å². The van der Waals surface area contributed by atoms with E-state index in [1.54, 1.807) is 0 Å². The van der Waals surface area contributed by atoms with E-state index >= 15 is 0 Å². The minimum atomic E-state index is -0.518. The molecule has 172 valence electrons. The first kappa shape index (κ1) is 22.8. The molecular weight excluding hydrogens is 388 g/mol. The molecule has 0 amide bonds. The monoisotopic (exact) mass is 428 g/mol. The van der Waals surface area contributed by atoms with Gasteiger partial charge < -0.3 is 9.84 Å². The lowest BCUT2D eigenvalue weighted by Gasteiger charge is -2.66. The van der Waals surface area contributed by atoms with Crippen LogP contribution in [0.5, 0.6) is 0 Å². The molecule has 4 aliphatic rings. The molecule has 0 aliphatic heterocycles. The fourth-order valence-corrected chi connectivity index (χ4v) is 8.52. The highest BCUT2D eigenvalue weighted by Crippen LogP contribution is 2.68. The number of carbonyl (C=O) groups is 2. The van der Waals surface area contributed by atoms with E-state index in [0.29, 0.717) is 6.42 Å². The Morgan fingerprint density at radius 1 is 1.16 bits per heavy atom. The van der Waals surface area contributed by atoms with Crippen LogP contribution in [-0.2, 0) is 14.3 Å². The van der Waals surface area contributed by atoms with Crippen molar-refractivity contribution >= 4 is 11.8 Å². The molecule has 4 nitrogen and oxygen atoms in total. The number of ketones is 1. The first-order chi connectivity index (χ1) is 14.4. The predicted molar refractivity (Wildman–Crippen MR) is 121 cm³/mol. The molecule has 0 heterocycles. The van der Waals surface area contributed by atoms with Crippen LogP contribution in [0.25, 0.3) is 0 Å². The van der Waals surface area contributed by atoms with Gasteiger partial charge in [-0.1, -0.05) is 51.8 Å². The molecule has 2 fully saturated rings. The van der Waals surface area contributed by atoms with Gasteiger partial charge in [0.15, 0.2) is 5.78 Å². The molecule has 0 aromatic carbocycles. The molecule has 0 saturated heterocycles. The number of carbonyl (C=O) groups excluding carboxylic acids is 2. The fraction of sp³-hybridized carbons (Fsp3) is 0.778. The lowest BCUT2D eigenvalue weighted by molar-refractivity contribution is -0.220. The summed E-state index contributed by atoms with van der Waals surface area (Å²) in [6.45, 7) is 12.7. The van der Waals surface area contributed by atoms with Crippen molar-refractivity contribution in [3.63, 3.8) is 0 Å². The maximum Gasteiger partial charge on any atom is 0.302 e. The average Bonchev–Trinajstić information content (AvgIpc) is 2.60. The Balaban J connectivity index is 1.74. The molecule has 4 aliphatic carbocycles. The second-order valence-electron chi connectivity index (χ2n) is 12.2. The van der Waals surface area contributed by atoms with Crippen LogP contribution in [0.15, 0.2) is 23.3 Å². The topological polar surface area (TPSA) is 63.6 Å². The Labute approximate surface area is 187 Å². The summed E-state index contributed by atoms with van der Waals surface area (Å²) in [5, 5.41) is 11.5. The standard InChI is InChI=1S/C27H40O4/c1-16-8-9-18(12-20(16)29)19-13-21(30)23-26(5,14-19)15-22(31-17(2)28)24-25(3,4)10-7-11-27(23,24)6/h8,13,18,21-24,30H,7,9-12,14-15H2,1-6H3/t18-,21-,22+,23+,24+,26-,27-/m1/s1. The van der Waals surface area contributed by atoms with E-state index in [-0.39, 0.29) is 51.9 Å². The number of fused-ring (bicyclic) bond motifs is 3. The van der Waals surface area contributed by atoms with Gasteiger partial charge in [-0.25, -0.2) is 0 Å². The van der Waals surface area contributed by atoms with E-state index in [1.165, 1.54) is 12.5 Å². The van der Waals surface area contributed by atoms with Crippen LogP contribution in [0.1, 0.15) is 86.5 Å². The smallest absolute Gasteiger partial charge is 0.302 e. The summed E-state index contributed by atoms with van der Waals surface area (Å²) in [7, 11) is 0. The lowest BCUT2D eigenvalue weighted by atomic mass is 9.40. The largest absolute Gasteiger partial charge is 0.462 e. The second-order valence-corrected chi connectivity index (χ2v) is 12.2. The van der Waals surface area contributed by atoms with E-state index in [4.69, 9.17) is 4.74 Å². The third kappa shape index (κ3) is 3.73. The van der Waals surface area contributed by atoms with E-state index in [0.717, 1.165) is 44.1 Å². The van der Waals surface area contributed by atoms with E-state index < -0.39 is 6.10 Å². The quantitative estimate of drug-likeness (QED) is 0.473. The molecule has 0 unspecified atom stereocenters. The number of aliphatic hydroxyl groups excluding tert-OH is 1. The van der Waals surface area contributed by atoms with Crippen molar-refractivity contribution in [1.29, 1.82) is 0 Å². The van der Waals surface area contributed by atoms with Gasteiger partial charge in [-0.05, 0) is 66.8 Å². The highest BCUT2D eigenvalue weighted by molar-refractivity contribution is 5.95. The van der Waals surface area contributed by atoms with Gasteiger partial charge in [0.25, 0.3) is 0 Å². The minimum Gasteiger partial charge on any atom is -0.462 e. The van der Waals surface area contributed by atoms with Gasteiger partial charge in [-0.3, -0.25) is 9.59 Å².